The molecular formula is C16H21F3N2O3. The second-order valence-corrected chi connectivity index (χ2v) is 6.58. The number of amides is 2. The number of nitrogens with one attached hydrogen (secondary N) is 2. The van der Waals surface area contributed by atoms with Crippen LogP contribution in [0.25, 0.3) is 0 Å². The smallest absolute Gasteiger partial charge is 0.408 e. The van der Waals surface area contributed by atoms with Crippen molar-refractivity contribution < 1.29 is 27.5 Å². The Balaban J connectivity index is 2.88. The molecular weight excluding hydrogens is 325 g/mol. The van der Waals surface area contributed by atoms with Gasteiger partial charge in [0.1, 0.15) is 11.6 Å². The first-order chi connectivity index (χ1) is 10.9. The molecule has 1 aromatic rings. The van der Waals surface area contributed by atoms with E-state index in [2.05, 4.69) is 10.6 Å². The molecule has 8 heteroatoms. The fraction of sp³-hybridized carbons (Fsp3) is 0.500. The number of ether oxygens (including phenoxy) is 1. The van der Waals surface area contributed by atoms with Crippen LogP contribution in [-0.2, 0) is 9.53 Å². The summed E-state index contributed by atoms with van der Waals surface area (Å²) in [6.45, 7) is 8.29. The van der Waals surface area contributed by atoms with Gasteiger partial charge in [0, 0.05) is 0 Å². The molecule has 2 N–H and O–H groups in total. The van der Waals surface area contributed by atoms with Gasteiger partial charge < -0.3 is 15.4 Å². The Bertz CT molecular complexity index is 628. The molecule has 0 aliphatic rings. The highest BCUT2D eigenvalue weighted by Gasteiger charge is 2.28. The molecule has 1 atom stereocenters. The minimum Gasteiger partial charge on any atom is -0.444 e. The molecule has 24 heavy (non-hydrogen) atoms. The van der Waals surface area contributed by atoms with Crippen molar-refractivity contribution in [1.29, 1.82) is 0 Å². The van der Waals surface area contributed by atoms with Crippen molar-refractivity contribution in [2.24, 2.45) is 5.92 Å². The van der Waals surface area contributed by atoms with Crippen LogP contribution in [0, 0.1) is 23.4 Å². The van der Waals surface area contributed by atoms with Crippen LogP contribution in [0.1, 0.15) is 34.6 Å². The maximum atomic E-state index is 13.6. The van der Waals surface area contributed by atoms with Gasteiger partial charge in [-0.15, -0.1) is 0 Å². The van der Waals surface area contributed by atoms with Crippen molar-refractivity contribution in [2.45, 2.75) is 46.3 Å². The fourth-order valence-corrected chi connectivity index (χ4v) is 1.80. The van der Waals surface area contributed by atoms with Crippen molar-refractivity contribution >= 4 is 17.7 Å². The summed E-state index contributed by atoms with van der Waals surface area (Å²) in [5.74, 6) is -5.69. The summed E-state index contributed by atoms with van der Waals surface area (Å²) < 4.78 is 44.8. The van der Waals surface area contributed by atoms with Crippen LogP contribution in [0.5, 0.6) is 0 Å². The van der Waals surface area contributed by atoms with E-state index in [0.717, 1.165) is 6.07 Å². The highest BCUT2D eigenvalue weighted by Crippen LogP contribution is 2.20. The lowest BCUT2D eigenvalue weighted by atomic mass is 10.0. The van der Waals surface area contributed by atoms with Gasteiger partial charge in [-0.05, 0) is 38.8 Å². The van der Waals surface area contributed by atoms with Crippen LogP contribution in [0.2, 0.25) is 0 Å². The monoisotopic (exact) mass is 346 g/mol. The SMILES string of the molecule is CC(C)C(NC(=O)OC(C)(C)C)C(=O)Nc1ccc(F)c(F)c1F. The molecule has 0 radical (unpaired) electrons. The molecule has 1 rings (SSSR count). The Morgan fingerprint density at radius 3 is 2.17 bits per heavy atom. The van der Waals surface area contributed by atoms with Crippen molar-refractivity contribution in [3.63, 3.8) is 0 Å². The topological polar surface area (TPSA) is 67.4 Å². The van der Waals surface area contributed by atoms with Crippen LogP contribution in [-0.4, -0.2) is 23.6 Å². The highest BCUT2D eigenvalue weighted by molar-refractivity contribution is 5.96. The number of anilines is 1. The van der Waals surface area contributed by atoms with E-state index >= 15 is 0 Å². The fourth-order valence-electron chi connectivity index (χ4n) is 1.80. The van der Waals surface area contributed by atoms with E-state index in [1.807, 2.05) is 0 Å². The van der Waals surface area contributed by atoms with Gasteiger partial charge in [0.15, 0.2) is 17.5 Å². The van der Waals surface area contributed by atoms with Gasteiger partial charge in [-0.25, -0.2) is 18.0 Å². The van der Waals surface area contributed by atoms with Gasteiger partial charge in [-0.2, -0.15) is 0 Å². The van der Waals surface area contributed by atoms with E-state index in [-0.39, 0.29) is 5.92 Å². The zero-order valence-electron chi connectivity index (χ0n) is 14.2. The summed E-state index contributed by atoms with van der Waals surface area (Å²) in [4.78, 5) is 24.0. The third-order valence-electron chi connectivity index (χ3n) is 2.91. The molecule has 0 heterocycles. The van der Waals surface area contributed by atoms with Gasteiger partial charge >= 0.3 is 6.09 Å². The van der Waals surface area contributed by atoms with Crippen LogP contribution < -0.4 is 10.6 Å². The first-order valence-corrected chi connectivity index (χ1v) is 7.36. The van der Waals surface area contributed by atoms with Gasteiger partial charge in [0.25, 0.3) is 0 Å². The molecule has 134 valence electrons. The van der Waals surface area contributed by atoms with E-state index in [1.54, 1.807) is 34.6 Å². The number of hydrogen-bond acceptors (Lipinski definition) is 3. The number of rotatable bonds is 4. The highest BCUT2D eigenvalue weighted by atomic mass is 19.2. The summed E-state index contributed by atoms with van der Waals surface area (Å²) in [6.07, 6.45) is -0.817. The minimum absolute atomic E-state index is 0.356. The first kappa shape index (κ1) is 19.8. The Morgan fingerprint density at radius 1 is 1.08 bits per heavy atom. The van der Waals surface area contributed by atoms with Crippen LogP contribution in [0.15, 0.2) is 12.1 Å². The third kappa shape index (κ3) is 5.43. The summed E-state index contributed by atoms with van der Waals surface area (Å²) in [5, 5.41) is 4.51. The molecule has 1 unspecified atom stereocenters. The predicted octanol–water partition coefficient (Wildman–Crippen LogP) is 3.59. The number of alkyl carbamates (subject to hydrolysis) is 1. The second kappa shape index (κ2) is 7.55. The lowest BCUT2D eigenvalue weighted by Gasteiger charge is -2.25. The first-order valence-electron chi connectivity index (χ1n) is 7.36. The zero-order valence-corrected chi connectivity index (χ0v) is 14.2. The van der Waals surface area contributed by atoms with Gasteiger partial charge in [0.05, 0.1) is 5.69 Å². The van der Waals surface area contributed by atoms with E-state index < -0.39 is 46.8 Å². The molecule has 2 amide bonds. The van der Waals surface area contributed by atoms with Gasteiger partial charge in [-0.3, -0.25) is 4.79 Å². The Kier molecular flexibility index (Phi) is 6.22. The Labute approximate surface area is 138 Å². The second-order valence-electron chi connectivity index (χ2n) is 6.58. The maximum Gasteiger partial charge on any atom is 0.408 e. The molecule has 1 aromatic carbocycles. The number of halogens is 3. The molecule has 0 aliphatic heterocycles. The maximum absolute atomic E-state index is 13.6. The molecule has 5 nitrogen and oxygen atoms in total. The quantitative estimate of drug-likeness (QED) is 0.819. The van der Waals surface area contributed by atoms with Crippen molar-refractivity contribution in [1.82, 2.24) is 5.32 Å². The summed E-state index contributed by atoms with van der Waals surface area (Å²) >= 11 is 0. The van der Waals surface area contributed by atoms with E-state index in [1.165, 1.54) is 0 Å². The molecule has 0 fully saturated rings. The standard InChI is InChI=1S/C16H21F3N2O3/c1-8(2)13(21-15(23)24-16(3,4)5)14(22)20-10-7-6-9(17)11(18)12(10)19/h6-8,13H,1-5H3,(H,20,22)(H,21,23). The normalized spacial score (nSPS) is 12.7. The Morgan fingerprint density at radius 2 is 1.67 bits per heavy atom. The number of carbonyl (C=O) groups is 2. The zero-order chi connectivity index (χ0) is 18.7. The lowest BCUT2D eigenvalue weighted by Crippen LogP contribution is -2.48. The van der Waals surface area contributed by atoms with Crippen LogP contribution in [0.4, 0.5) is 23.7 Å². The number of benzene rings is 1. The molecule has 0 aliphatic carbocycles. The Hall–Kier alpha value is -2.25. The van der Waals surface area contributed by atoms with E-state index in [9.17, 15) is 22.8 Å². The van der Waals surface area contributed by atoms with Crippen LogP contribution in [0.3, 0.4) is 0 Å². The van der Waals surface area contributed by atoms with Gasteiger partial charge in [0.2, 0.25) is 5.91 Å². The molecule has 0 aromatic heterocycles. The van der Waals surface area contributed by atoms with Gasteiger partial charge in [-0.1, -0.05) is 13.8 Å². The largest absolute Gasteiger partial charge is 0.444 e. The molecule has 0 spiro atoms. The number of hydrogen-bond donors (Lipinski definition) is 2. The molecule has 0 saturated heterocycles. The van der Waals surface area contributed by atoms with Crippen molar-refractivity contribution in [3.05, 3.63) is 29.6 Å². The lowest BCUT2D eigenvalue weighted by molar-refractivity contribution is -0.119. The summed E-state index contributed by atoms with van der Waals surface area (Å²) in [7, 11) is 0. The van der Waals surface area contributed by atoms with Crippen molar-refractivity contribution in [3.8, 4) is 0 Å². The van der Waals surface area contributed by atoms with Crippen LogP contribution >= 0.6 is 0 Å². The summed E-state index contributed by atoms with van der Waals surface area (Å²) in [5.41, 5.74) is -1.27. The van der Waals surface area contributed by atoms with Crippen molar-refractivity contribution in [2.75, 3.05) is 5.32 Å². The van der Waals surface area contributed by atoms with E-state index in [4.69, 9.17) is 4.74 Å². The number of carbonyl (C=O) groups excluding carboxylic acids is 2. The average Bonchev–Trinajstić information content (AvgIpc) is 2.43. The third-order valence-corrected chi connectivity index (χ3v) is 2.91. The average molecular weight is 346 g/mol. The molecule has 0 saturated carbocycles. The summed E-state index contributed by atoms with van der Waals surface area (Å²) in [6, 6.07) is 0.545. The predicted molar refractivity (Wildman–Crippen MR) is 82.9 cm³/mol. The minimum atomic E-state index is -1.69. The molecule has 0 bridgehead atoms. The van der Waals surface area contributed by atoms with E-state index in [0.29, 0.717) is 6.07 Å².